The monoisotopic (exact) mass is 235 g/mol. The molecule has 0 aromatic heterocycles. The second-order valence-corrected chi connectivity index (χ2v) is 4.01. The van der Waals surface area contributed by atoms with Gasteiger partial charge in [-0.05, 0) is 25.8 Å². The Hall–Kier alpha value is -1.35. The minimum absolute atomic E-state index is 0.144. The zero-order valence-electron chi connectivity index (χ0n) is 10.8. The van der Waals surface area contributed by atoms with Crippen molar-refractivity contribution in [1.82, 2.24) is 5.32 Å². The minimum atomic E-state index is -0.231. The van der Waals surface area contributed by atoms with Gasteiger partial charge in [0.05, 0.1) is 6.61 Å². The average Bonchev–Trinajstić information content (AvgIpc) is 2.37. The molecule has 2 atom stereocenters. The SMILES string of the molecule is CCOC(=O)C(CC)NC(C)c1ccccc1. The Morgan fingerprint density at radius 2 is 1.94 bits per heavy atom. The Labute approximate surface area is 103 Å². The molecule has 0 saturated carbocycles. The summed E-state index contributed by atoms with van der Waals surface area (Å²) in [6.07, 6.45) is 0.732. The lowest BCUT2D eigenvalue weighted by Crippen LogP contribution is -2.39. The van der Waals surface area contributed by atoms with Crippen LogP contribution in [0.1, 0.15) is 38.8 Å². The molecule has 1 aromatic rings. The molecule has 17 heavy (non-hydrogen) atoms. The van der Waals surface area contributed by atoms with Crippen molar-refractivity contribution < 1.29 is 9.53 Å². The van der Waals surface area contributed by atoms with Gasteiger partial charge in [0.25, 0.3) is 0 Å². The van der Waals surface area contributed by atoms with E-state index in [0.29, 0.717) is 6.61 Å². The van der Waals surface area contributed by atoms with Crippen molar-refractivity contribution in [1.29, 1.82) is 0 Å². The van der Waals surface area contributed by atoms with E-state index in [-0.39, 0.29) is 18.1 Å². The zero-order valence-corrected chi connectivity index (χ0v) is 10.8. The van der Waals surface area contributed by atoms with E-state index in [1.54, 1.807) is 0 Å². The third-order valence-electron chi connectivity index (χ3n) is 2.73. The molecule has 0 aliphatic rings. The maximum absolute atomic E-state index is 11.7. The van der Waals surface area contributed by atoms with Gasteiger partial charge in [-0.15, -0.1) is 0 Å². The topological polar surface area (TPSA) is 38.3 Å². The van der Waals surface area contributed by atoms with E-state index in [9.17, 15) is 4.79 Å². The van der Waals surface area contributed by atoms with Gasteiger partial charge in [-0.2, -0.15) is 0 Å². The number of benzene rings is 1. The minimum Gasteiger partial charge on any atom is -0.465 e. The second-order valence-electron chi connectivity index (χ2n) is 4.01. The van der Waals surface area contributed by atoms with Crippen LogP contribution in [0.25, 0.3) is 0 Å². The fourth-order valence-corrected chi connectivity index (χ4v) is 1.74. The molecule has 3 nitrogen and oxygen atoms in total. The van der Waals surface area contributed by atoms with E-state index < -0.39 is 0 Å². The molecule has 2 unspecified atom stereocenters. The summed E-state index contributed by atoms with van der Waals surface area (Å²) in [5.41, 5.74) is 1.18. The smallest absolute Gasteiger partial charge is 0.323 e. The fraction of sp³-hybridized carbons (Fsp3) is 0.500. The van der Waals surface area contributed by atoms with Crippen LogP contribution in [-0.4, -0.2) is 18.6 Å². The van der Waals surface area contributed by atoms with Crippen molar-refractivity contribution in [2.45, 2.75) is 39.3 Å². The number of carbonyl (C=O) groups is 1. The van der Waals surface area contributed by atoms with Crippen molar-refractivity contribution in [3.05, 3.63) is 35.9 Å². The van der Waals surface area contributed by atoms with Gasteiger partial charge in [0.2, 0.25) is 0 Å². The largest absolute Gasteiger partial charge is 0.465 e. The van der Waals surface area contributed by atoms with Gasteiger partial charge in [0, 0.05) is 6.04 Å². The van der Waals surface area contributed by atoms with Crippen molar-refractivity contribution in [2.24, 2.45) is 0 Å². The molecule has 0 fully saturated rings. The van der Waals surface area contributed by atoms with Crippen molar-refractivity contribution in [3.63, 3.8) is 0 Å². The van der Waals surface area contributed by atoms with Gasteiger partial charge in [-0.25, -0.2) is 0 Å². The molecule has 1 rings (SSSR count). The van der Waals surface area contributed by atoms with E-state index in [0.717, 1.165) is 6.42 Å². The standard InChI is InChI=1S/C14H21NO2/c1-4-13(14(16)17-5-2)15-11(3)12-9-7-6-8-10-12/h6-11,13,15H,4-5H2,1-3H3. The van der Waals surface area contributed by atoms with Gasteiger partial charge in [-0.1, -0.05) is 37.3 Å². The maximum atomic E-state index is 11.7. The summed E-state index contributed by atoms with van der Waals surface area (Å²) < 4.78 is 5.03. The molecule has 1 N–H and O–H groups in total. The molecule has 1 aromatic carbocycles. The van der Waals surface area contributed by atoms with E-state index in [2.05, 4.69) is 24.4 Å². The molecule has 94 valence electrons. The number of esters is 1. The van der Waals surface area contributed by atoms with Crippen LogP contribution in [0.4, 0.5) is 0 Å². The van der Waals surface area contributed by atoms with Crippen molar-refractivity contribution >= 4 is 5.97 Å². The fourth-order valence-electron chi connectivity index (χ4n) is 1.74. The first-order valence-corrected chi connectivity index (χ1v) is 6.16. The van der Waals surface area contributed by atoms with Gasteiger partial charge in [0.15, 0.2) is 0 Å². The highest BCUT2D eigenvalue weighted by molar-refractivity contribution is 5.75. The first kappa shape index (κ1) is 13.7. The summed E-state index contributed by atoms with van der Waals surface area (Å²) in [4.78, 5) is 11.7. The summed E-state index contributed by atoms with van der Waals surface area (Å²) in [6, 6.07) is 10.00. The van der Waals surface area contributed by atoms with E-state index in [1.807, 2.05) is 32.0 Å². The van der Waals surface area contributed by atoms with Crippen LogP contribution < -0.4 is 5.32 Å². The Morgan fingerprint density at radius 3 is 2.47 bits per heavy atom. The Bertz CT molecular complexity index is 337. The Morgan fingerprint density at radius 1 is 1.29 bits per heavy atom. The third kappa shape index (κ3) is 4.19. The van der Waals surface area contributed by atoms with Crippen LogP contribution >= 0.6 is 0 Å². The highest BCUT2D eigenvalue weighted by Gasteiger charge is 2.19. The van der Waals surface area contributed by atoms with Crippen LogP contribution in [0.5, 0.6) is 0 Å². The van der Waals surface area contributed by atoms with E-state index in [1.165, 1.54) is 5.56 Å². The molecule has 0 heterocycles. The number of hydrogen-bond donors (Lipinski definition) is 1. The molecule has 0 saturated heterocycles. The number of hydrogen-bond acceptors (Lipinski definition) is 3. The van der Waals surface area contributed by atoms with E-state index in [4.69, 9.17) is 4.74 Å². The Balaban J connectivity index is 2.59. The van der Waals surface area contributed by atoms with Gasteiger partial charge in [0.1, 0.15) is 6.04 Å². The number of nitrogens with one attached hydrogen (secondary N) is 1. The number of carbonyl (C=O) groups excluding carboxylic acids is 1. The van der Waals surface area contributed by atoms with Gasteiger partial charge >= 0.3 is 5.97 Å². The van der Waals surface area contributed by atoms with Crippen LogP contribution in [0.2, 0.25) is 0 Å². The Kier molecular flexibility index (Phi) is 5.70. The lowest BCUT2D eigenvalue weighted by molar-refractivity contribution is -0.145. The quantitative estimate of drug-likeness (QED) is 0.770. The molecule has 0 amide bonds. The molecular weight excluding hydrogens is 214 g/mol. The normalized spacial score (nSPS) is 14.1. The molecule has 0 radical (unpaired) electrons. The lowest BCUT2D eigenvalue weighted by atomic mass is 10.1. The third-order valence-corrected chi connectivity index (χ3v) is 2.73. The molecule has 0 aliphatic carbocycles. The summed E-state index contributed by atoms with van der Waals surface area (Å²) in [7, 11) is 0. The van der Waals surface area contributed by atoms with Crippen LogP contribution in [-0.2, 0) is 9.53 Å². The summed E-state index contributed by atoms with van der Waals surface area (Å²) >= 11 is 0. The van der Waals surface area contributed by atoms with Gasteiger partial charge in [-0.3, -0.25) is 10.1 Å². The van der Waals surface area contributed by atoms with Crippen LogP contribution in [0.15, 0.2) is 30.3 Å². The molecule has 0 aliphatic heterocycles. The van der Waals surface area contributed by atoms with Crippen molar-refractivity contribution in [3.8, 4) is 0 Å². The summed E-state index contributed by atoms with van der Waals surface area (Å²) in [5.74, 6) is -0.169. The maximum Gasteiger partial charge on any atom is 0.323 e. The zero-order chi connectivity index (χ0) is 12.7. The highest BCUT2D eigenvalue weighted by Crippen LogP contribution is 2.13. The second kappa shape index (κ2) is 7.07. The highest BCUT2D eigenvalue weighted by atomic mass is 16.5. The number of rotatable bonds is 6. The first-order valence-electron chi connectivity index (χ1n) is 6.16. The van der Waals surface area contributed by atoms with Gasteiger partial charge < -0.3 is 4.74 Å². The molecular formula is C14H21NO2. The predicted octanol–water partition coefficient (Wildman–Crippen LogP) is 2.68. The summed E-state index contributed by atoms with van der Waals surface area (Å²) in [5, 5.41) is 3.29. The molecule has 0 bridgehead atoms. The first-order chi connectivity index (χ1) is 8.19. The predicted molar refractivity (Wildman–Crippen MR) is 68.7 cm³/mol. The van der Waals surface area contributed by atoms with Crippen LogP contribution in [0, 0.1) is 0 Å². The van der Waals surface area contributed by atoms with Crippen LogP contribution in [0.3, 0.4) is 0 Å². The molecule has 0 spiro atoms. The lowest BCUT2D eigenvalue weighted by Gasteiger charge is -2.21. The molecule has 3 heteroatoms. The average molecular weight is 235 g/mol. The van der Waals surface area contributed by atoms with Crippen molar-refractivity contribution in [2.75, 3.05) is 6.61 Å². The summed E-state index contributed by atoms with van der Waals surface area (Å²) in [6.45, 7) is 6.28. The van der Waals surface area contributed by atoms with E-state index >= 15 is 0 Å². The number of ether oxygens (including phenoxy) is 1.